The van der Waals surface area contributed by atoms with E-state index in [1.165, 1.54) is 6.07 Å². The highest BCUT2D eigenvalue weighted by atomic mass is 19.1. The number of hydrogen-bond acceptors (Lipinski definition) is 7. The van der Waals surface area contributed by atoms with Gasteiger partial charge in [0, 0.05) is 95.4 Å². The van der Waals surface area contributed by atoms with Crippen molar-refractivity contribution in [2.45, 2.75) is 75.1 Å². The van der Waals surface area contributed by atoms with E-state index in [9.17, 15) is 14.0 Å². The minimum atomic E-state index is -2.12. The van der Waals surface area contributed by atoms with Crippen molar-refractivity contribution in [3.8, 4) is 5.75 Å². The fourth-order valence-electron chi connectivity index (χ4n) is 9.04. The Morgan fingerprint density at radius 2 is 1.66 bits per heavy atom. The predicted octanol–water partition coefficient (Wildman–Crippen LogP) is 5.14. The normalized spacial score (nSPS) is 29.4. The van der Waals surface area contributed by atoms with Gasteiger partial charge in [0.05, 0.1) is 19.8 Å². The van der Waals surface area contributed by atoms with Crippen LogP contribution in [0.2, 0.25) is 0 Å². The molecule has 3 aliphatic heterocycles. The second kappa shape index (κ2) is 15.9. The molecule has 0 radical (unpaired) electrons. The van der Waals surface area contributed by atoms with Gasteiger partial charge in [0.2, 0.25) is 11.6 Å². The number of hydrogen-bond donors (Lipinski definition) is 1. The number of carbonyl (C=O) groups is 2. The van der Waals surface area contributed by atoms with E-state index >= 15 is 4.39 Å². The van der Waals surface area contributed by atoms with Gasteiger partial charge in [0.1, 0.15) is 11.6 Å². The van der Waals surface area contributed by atoms with Crippen LogP contribution in [0.1, 0.15) is 68.4 Å². The molecule has 4 atom stereocenters. The molecule has 274 valence electrons. The first-order valence-electron chi connectivity index (χ1n) is 18.4. The summed E-state index contributed by atoms with van der Waals surface area (Å²) in [6.45, 7) is 5.34. The molecule has 3 saturated heterocycles. The Kier molecular flexibility index (Phi) is 11.6. The van der Waals surface area contributed by atoms with Crippen molar-refractivity contribution in [3.05, 3.63) is 59.4 Å². The van der Waals surface area contributed by atoms with Gasteiger partial charge in [0.15, 0.2) is 0 Å². The number of rotatable bonds is 11. The van der Waals surface area contributed by atoms with Crippen molar-refractivity contribution in [1.29, 1.82) is 0 Å². The molecule has 1 N–H and O–H groups in total. The Morgan fingerprint density at radius 1 is 0.940 bits per heavy atom. The average molecular weight is 697 g/mol. The lowest BCUT2D eigenvalue weighted by atomic mass is 9.85. The number of amides is 2. The number of nitrogens with one attached hydrogen (secondary N) is 1. The zero-order chi connectivity index (χ0) is 35.4. The molecule has 1 aliphatic carbocycles. The van der Waals surface area contributed by atoms with E-state index < -0.39 is 17.5 Å². The molecule has 9 nitrogen and oxygen atoms in total. The van der Waals surface area contributed by atoms with Gasteiger partial charge in [-0.15, -0.1) is 0 Å². The van der Waals surface area contributed by atoms with Crippen molar-refractivity contribution in [3.63, 3.8) is 0 Å². The second-order valence-electron chi connectivity index (χ2n) is 14.7. The van der Waals surface area contributed by atoms with E-state index in [2.05, 4.69) is 15.1 Å². The zero-order valence-corrected chi connectivity index (χ0v) is 30.0. The highest BCUT2D eigenvalue weighted by Gasteiger charge is 2.57. The molecule has 2 amide bonds. The number of carbonyl (C=O) groups excluding carboxylic acids is 2. The van der Waals surface area contributed by atoms with Crippen LogP contribution < -0.4 is 15.0 Å². The first-order valence-corrected chi connectivity index (χ1v) is 18.4. The fraction of sp³-hybridized carbons (Fsp3) is 0.641. The first-order chi connectivity index (χ1) is 24.2. The monoisotopic (exact) mass is 696 g/mol. The highest BCUT2D eigenvalue weighted by molar-refractivity contribution is 5.88. The minimum absolute atomic E-state index is 0.0449. The highest BCUT2D eigenvalue weighted by Crippen LogP contribution is 2.46. The number of likely N-dealkylation sites (tertiary alicyclic amines) is 2. The quantitative estimate of drug-likeness (QED) is 0.349. The van der Waals surface area contributed by atoms with E-state index in [-0.39, 0.29) is 48.2 Å². The summed E-state index contributed by atoms with van der Waals surface area (Å²) in [4.78, 5) is 33.2. The maximum Gasteiger partial charge on any atom is 0.262 e. The van der Waals surface area contributed by atoms with Gasteiger partial charge in [-0.05, 0) is 80.8 Å². The summed E-state index contributed by atoms with van der Waals surface area (Å²) in [6.07, 6.45) is 5.26. The topological polar surface area (TPSA) is 83.6 Å². The number of benzene rings is 2. The van der Waals surface area contributed by atoms with Crippen molar-refractivity contribution in [1.82, 2.24) is 15.1 Å². The molecule has 3 heterocycles. The third-order valence-electron chi connectivity index (χ3n) is 11.8. The Balaban J connectivity index is 1.25. The molecule has 0 unspecified atom stereocenters. The molecule has 2 aromatic carbocycles. The number of alkyl halides is 1. The van der Waals surface area contributed by atoms with Crippen LogP contribution in [0.5, 0.6) is 5.75 Å². The van der Waals surface area contributed by atoms with Crippen LogP contribution in [-0.4, -0.2) is 113 Å². The summed E-state index contributed by atoms with van der Waals surface area (Å²) in [5, 5.41) is 2.93. The van der Waals surface area contributed by atoms with E-state index in [1.54, 1.807) is 32.3 Å². The molecule has 0 bridgehead atoms. The molecule has 1 saturated carbocycles. The van der Waals surface area contributed by atoms with Crippen LogP contribution in [0.3, 0.4) is 0 Å². The van der Waals surface area contributed by atoms with E-state index in [0.717, 1.165) is 42.5 Å². The standard InChI is InChI=1S/C39H54F2N4O5/c1-5-42-37(46)27-16-18-43(19-17-27)36-20-29(40)8-15-33(36)34-22-44(21-28(34)24-48-2)38(47)39(41)25-45(30-9-13-32(50-4)14-10-30)23-35(39)26-6-11-31(49-3)12-7-26/h6-8,11-12,15,20,27-28,30,32,34-35H,5,9-10,13-14,16-19,21-25H2,1-4H3,(H,42,46)/t28-,30-,32-,34+,35+,39+/m1/s1. The first kappa shape index (κ1) is 36.5. The van der Waals surface area contributed by atoms with Crippen LogP contribution in [0, 0.1) is 17.7 Å². The van der Waals surface area contributed by atoms with E-state index in [1.807, 2.05) is 37.3 Å². The van der Waals surface area contributed by atoms with Crippen LogP contribution in [0.4, 0.5) is 14.5 Å². The molecule has 0 aromatic heterocycles. The van der Waals surface area contributed by atoms with Crippen LogP contribution in [0.25, 0.3) is 0 Å². The Hall–Kier alpha value is -3.28. The minimum Gasteiger partial charge on any atom is -0.497 e. The smallest absolute Gasteiger partial charge is 0.262 e. The molecule has 2 aromatic rings. The molecule has 50 heavy (non-hydrogen) atoms. The van der Waals surface area contributed by atoms with Gasteiger partial charge in [-0.1, -0.05) is 18.2 Å². The molecule has 4 fully saturated rings. The number of anilines is 1. The number of halogens is 2. The Morgan fingerprint density at radius 3 is 2.30 bits per heavy atom. The van der Waals surface area contributed by atoms with Gasteiger partial charge < -0.3 is 29.3 Å². The molecule has 4 aliphatic rings. The van der Waals surface area contributed by atoms with Crippen LogP contribution >= 0.6 is 0 Å². The molecule has 6 rings (SSSR count). The van der Waals surface area contributed by atoms with Crippen molar-refractivity contribution >= 4 is 17.5 Å². The van der Waals surface area contributed by atoms with Gasteiger partial charge >= 0.3 is 0 Å². The largest absolute Gasteiger partial charge is 0.497 e. The van der Waals surface area contributed by atoms with Crippen molar-refractivity contribution in [2.24, 2.45) is 11.8 Å². The summed E-state index contributed by atoms with van der Waals surface area (Å²) < 4.78 is 49.3. The van der Waals surface area contributed by atoms with Gasteiger partial charge in [-0.2, -0.15) is 0 Å². The number of methoxy groups -OCH3 is 3. The maximum absolute atomic E-state index is 17.9. The third-order valence-corrected chi connectivity index (χ3v) is 11.8. The summed E-state index contributed by atoms with van der Waals surface area (Å²) in [5.41, 5.74) is 0.384. The summed E-state index contributed by atoms with van der Waals surface area (Å²) in [7, 11) is 4.99. The van der Waals surface area contributed by atoms with Gasteiger partial charge in [0.25, 0.3) is 5.91 Å². The van der Waals surface area contributed by atoms with Crippen LogP contribution in [0.15, 0.2) is 42.5 Å². The summed E-state index contributed by atoms with van der Waals surface area (Å²) in [5.74, 6) is -1.02. The van der Waals surface area contributed by atoms with E-state index in [4.69, 9.17) is 14.2 Å². The lowest BCUT2D eigenvalue weighted by molar-refractivity contribution is -0.143. The lowest BCUT2D eigenvalue weighted by Gasteiger charge is -2.35. The lowest BCUT2D eigenvalue weighted by Crippen LogP contribution is -2.50. The molecule has 0 spiro atoms. The number of nitrogens with zero attached hydrogens (tertiary/aromatic N) is 3. The molecular formula is C39H54F2N4O5. The third kappa shape index (κ3) is 7.51. The second-order valence-corrected chi connectivity index (χ2v) is 14.7. The summed E-state index contributed by atoms with van der Waals surface area (Å²) >= 11 is 0. The summed E-state index contributed by atoms with van der Waals surface area (Å²) in [6, 6.07) is 12.5. The fourth-order valence-corrected chi connectivity index (χ4v) is 9.04. The van der Waals surface area contributed by atoms with Gasteiger partial charge in [-0.25, -0.2) is 8.78 Å². The number of ether oxygens (including phenoxy) is 3. The van der Waals surface area contributed by atoms with E-state index in [0.29, 0.717) is 64.5 Å². The van der Waals surface area contributed by atoms with Crippen molar-refractivity contribution in [2.75, 3.05) is 78.6 Å². The predicted molar refractivity (Wildman–Crippen MR) is 189 cm³/mol. The maximum atomic E-state index is 17.9. The Labute approximate surface area is 295 Å². The number of piperidine rings is 1. The Bertz CT molecular complexity index is 1460. The van der Waals surface area contributed by atoms with Crippen molar-refractivity contribution < 1.29 is 32.6 Å². The molecule has 11 heteroatoms. The van der Waals surface area contributed by atoms with Crippen LogP contribution in [-0.2, 0) is 19.1 Å². The molecular weight excluding hydrogens is 642 g/mol. The average Bonchev–Trinajstić information content (AvgIpc) is 3.73. The zero-order valence-electron chi connectivity index (χ0n) is 30.0. The van der Waals surface area contributed by atoms with Gasteiger partial charge in [-0.3, -0.25) is 14.5 Å². The SMILES string of the molecule is CCNC(=O)C1CCN(c2cc(F)ccc2[C@H]2CN(C(=O)[C@]3(F)CN([C@H]4CC[C@H](OC)CC4)C[C@H]3c3ccc(OC)cc3)C[C@@H]2COC)CC1.